The normalized spacial score (nSPS) is 12.6. The maximum atomic E-state index is 10.8. The second-order valence-corrected chi connectivity index (χ2v) is 3.88. The maximum absolute atomic E-state index is 10.8. The number of fused-ring (bicyclic) bond motifs is 1. The molecule has 2 rings (SSSR count). The van der Waals surface area contributed by atoms with E-state index in [0.29, 0.717) is 0 Å². The highest BCUT2D eigenvalue weighted by atomic mass is 16.4. The molecule has 1 atom stereocenters. The van der Waals surface area contributed by atoms with Gasteiger partial charge in [0.1, 0.15) is 6.04 Å². The number of carboxylic acid groups (broad SMARTS) is 1. The first-order valence-corrected chi connectivity index (χ1v) is 5.13. The van der Waals surface area contributed by atoms with Gasteiger partial charge in [0.25, 0.3) is 0 Å². The maximum Gasteiger partial charge on any atom is 0.325 e. The smallest absolute Gasteiger partial charge is 0.325 e. The number of aliphatic carboxylic acids is 1. The predicted octanol–water partition coefficient (Wildman–Crippen LogP) is 2.06. The molecule has 84 valence electrons. The number of nitrogens with zero attached hydrogens (tertiary/aromatic N) is 1. The van der Waals surface area contributed by atoms with Crippen LogP contribution in [-0.4, -0.2) is 21.7 Å². The number of hydrogen-bond donors (Lipinski definition) is 2. The highest BCUT2D eigenvalue weighted by Gasteiger charge is 2.13. The van der Waals surface area contributed by atoms with E-state index in [1.165, 1.54) is 0 Å². The molecule has 1 heterocycles. The SMILES string of the molecule is CC(Nc1cn(C)c2ccccc12)C(=O)O. The van der Waals surface area contributed by atoms with Crippen LogP contribution in [-0.2, 0) is 11.8 Å². The van der Waals surface area contributed by atoms with Crippen LogP contribution in [0.2, 0.25) is 0 Å². The molecule has 0 amide bonds. The first-order chi connectivity index (χ1) is 7.59. The molecule has 0 aliphatic rings. The van der Waals surface area contributed by atoms with E-state index in [0.717, 1.165) is 16.6 Å². The summed E-state index contributed by atoms with van der Waals surface area (Å²) in [7, 11) is 1.94. The Morgan fingerprint density at radius 1 is 1.44 bits per heavy atom. The summed E-state index contributed by atoms with van der Waals surface area (Å²) in [5.41, 5.74) is 1.94. The lowest BCUT2D eigenvalue weighted by molar-refractivity contribution is -0.137. The molecule has 0 bridgehead atoms. The largest absolute Gasteiger partial charge is 0.480 e. The van der Waals surface area contributed by atoms with Crippen LogP contribution in [0.1, 0.15) is 6.92 Å². The minimum atomic E-state index is -0.854. The van der Waals surface area contributed by atoms with Crippen LogP contribution >= 0.6 is 0 Å². The van der Waals surface area contributed by atoms with Crippen molar-refractivity contribution in [3.63, 3.8) is 0 Å². The lowest BCUT2D eigenvalue weighted by atomic mass is 10.2. The van der Waals surface area contributed by atoms with Crippen LogP contribution in [0.5, 0.6) is 0 Å². The highest BCUT2D eigenvalue weighted by Crippen LogP contribution is 2.25. The van der Waals surface area contributed by atoms with Gasteiger partial charge in [-0.3, -0.25) is 4.79 Å². The highest BCUT2D eigenvalue weighted by molar-refractivity contribution is 5.94. The predicted molar refractivity (Wildman–Crippen MR) is 63.6 cm³/mol. The molecule has 0 aliphatic carbocycles. The van der Waals surface area contributed by atoms with Crippen LogP contribution in [0.15, 0.2) is 30.5 Å². The zero-order chi connectivity index (χ0) is 11.7. The molecule has 2 aromatic rings. The molecule has 2 N–H and O–H groups in total. The van der Waals surface area contributed by atoms with Gasteiger partial charge >= 0.3 is 5.97 Å². The van der Waals surface area contributed by atoms with Crippen molar-refractivity contribution < 1.29 is 9.90 Å². The van der Waals surface area contributed by atoms with Crippen molar-refractivity contribution in [2.24, 2.45) is 7.05 Å². The number of aryl methyl sites for hydroxylation is 1. The Morgan fingerprint density at radius 3 is 2.81 bits per heavy atom. The van der Waals surface area contributed by atoms with Crippen molar-refractivity contribution in [2.45, 2.75) is 13.0 Å². The summed E-state index contributed by atoms with van der Waals surface area (Å²) in [6.45, 7) is 1.63. The molecule has 1 unspecified atom stereocenters. The van der Waals surface area contributed by atoms with E-state index in [1.807, 2.05) is 42.1 Å². The van der Waals surface area contributed by atoms with E-state index in [1.54, 1.807) is 6.92 Å². The number of rotatable bonds is 3. The van der Waals surface area contributed by atoms with Gasteiger partial charge in [0.2, 0.25) is 0 Å². The molecule has 0 saturated carbocycles. The Labute approximate surface area is 93.5 Å². The van der Waals surface area contributed by atoms with E-state index < -0.39 is 12.0 Å². The van der Waals surface area contributed by atoms with Gasteiger partial charge in [-0.1, -0.05) is 18.2 Å². The summed E-state index contributed by atoms with van der Waals surface area (Å²) < 4.78 is 1.98. The number of carbonyl (C=O) groups is 1. The Morgan fingerprint density at radius 2 is 2.12 bits per heavy atom. The van der Waals surface area contributed by atoms with Crippen LogP contribution in [0.4, 0.5) is 5.69 Å². The standard InChI is InChI=1S/C12H14N2O2/c1-8(12(15)16)13-10-7-14(2)11-6-4-3-5-9(10)11/h3-8,13H,1-2H3,(H,15,16). The van der Waals surface area contributed by atoms with Crippen molar-refractivity contribution in [1.29, 1.82) is 0 Å². The molecule has 4 nitrogen and oxygen atoms in total. The van der Waals surface area contributed by atoms with Crippen LogP contribution < -0.4 is 5.32 Å². The molecule has 0 radical (unpaired) electrons. The van der Waals surface area contributed by atoms with E-state index in [9.17, 15) is 4.79 Å². The second kappa shape index (κ2) is 3.89. The van der Waals surface area contributed by atoms with Crippen molar-refractivity contribution in [2.75, 3.05) is 5.32 Å². The van der Waals surface area contributed by atoms with Crippen LogP contribution in [0.3, 0.4) is 0 Å². The summed E-state index contributed by atoms with van der Waals surface area (Å²) in [4.78, 5) is 10.8. The Balaban J connectivity index is 2.42. The van der Waals surface area contributed by atoms with Gasteiger partial charge in [-0.05, 0) is 13.0 Å². The minimum absolute atomic E-state index is 0.592. The molecule has 1 aromatic carbocycles. The third-order valence-corrected chi connectivity index (χ3v) is 2.64. The summed E-state index contributed by atoms with van der Waals surface area (Å²) in [6, 6.07) is 7.30. The zero-order valence-electron chi connectivity index (χ0n) is 9.27. The molecule has 0 saturated heterocycles. The number of para-hydroxylation sites is 1. The van der Waals surface area contributed by atoms with Gasteiger partial charge in [-0.25, -0.2) is 0 Å². The Kier molecular flexibility index (Phi) is 2.56. The van der Waals surface area contributed by atoms with E-state index in [2.05, 4.69) is 5.32 Å². The Bertz CT molecular complexity index is 531. The van der Waals surface area contributed by atoms with Crippen molar-refractivity contribution >= 4 is 22.6 Å². The lowest BCUT2D eigenvalue weighted by Gasteiger charge is -2.08. The van der Waals surface area contributed by atoms with Crippen molar-refractivity contribution in [3.8, 4) is 0 Å². The zero-order valence-corrected chi connectivity index (χ0v) is 9.27. The van der Waals surface area contributed by atoms with E-state index in [4.69, 9.17) is 5.11 Å². The van der Waals surface area contributed by atoms with E-state index in [-0.39, 0.29) is 0 Å². The van der Waals surface area contributed by atoms with Crippen LogP contribution in [0, 0.1) is 0 Å². The molecule has 4 heteroatoms. The first-order valence-electron chi connectivity index (χ1n) is 5.13. The van der Waals surface area contributed by atoms with Crippen molar-refractivity contribution in [3.05, 3.63) is 30.5 Å². The van der Waals surface area contributed by atoms with Gasteiger partial charge in [-0.15, -0.1) is 0 Å². The molecular weight excluding hydrogens is 204 g/mol. The minimum Gasteiger partial charge on any atom is -0.480 e. The summed E-state index contributed by atoms with van der Waals surface area (Å²) in [5.74, 6) is -0.854. The van der Waals surface area contributed by atoms with Gasteiger partial charge < -0.3 is 15.0 Å². The molecule has 16 heavy (non-hydrogen) atoms. The quantitative estimate of drug-likeness (QED) is 0.829. The second-order valence-electron chi connectivity index (χ2n) is 3.88. The summed E-state index contributed by atoms with van der Waals surface area (Å²) in [5, 5.41) is 12.9. The average Bonchev–Trinajstić information content (AvgIpc) is 2.57. The Hall–Kier alpha value is -1.97. The average molecular weight is 218 g/mol. The molecule has 0 aliphatic heterocycles. The fourth-order valence-electron chi connectivity index (χ4n) is 1.75. The third kappa shape index (κ3) is 1.74. The lowest BCUT2D eigenvalue weighted by Crippen LogP contribution is -2.25. The number of carboxylic acids is 1. The topological polar surface area (TPSA) is 54.3 Å². The summed E-state index contributed by atoms with van der Waals surface area (Å²) in [6.07, 6.45) is 1.91. The third-order valence-electron chi connectivity index (χ3n) is 2.64. The molecular formula is C12H14N2O2. The first kappa shape index (κ1) is 10.5. The molecule has 1 aromatic heterocycles. The van der Waals surface area contributed by atoms with E-state index >= 15 is 0 Å². The van der Waals surface area contributed by atoms with Gasteiger partial charge in [0.15, 0.2) is 0 Å². The van der Waals surface area contributed by atoms with Crippen molar-refractivity contribution in [1.82, 2.24) is 4.57 Å². The molecule has 0 spiro atoms. The number of nitrogens with one attached hydrogen (secondary N) is 1. The fraction of sp³-hybridized carbons (Fsp3) is 0.250. The number of aromatic nitrogens is 1. The monoisotopic (exact) mass is 218 g/mol. The molecule has 0 fully saturated rings. The van der Waals surface area contributed by atoms with Gasteiger partial charge in [0.05, 0.1) is 5.69 Å². The number of benzene rings is 1. The number of hydrogen-bond acceptors (Lipinski definition) is 2. The summed E-state index contributed by atoms with van der Waals surface area (Å²) >= 11 is 0. The fourth-order valence-corrected chi connectivity index (χ4v) is 1.75. The van der Waals surface area contributed by atoms with Gasteiger partial charge in [-0.2, -0.15) is 0 Å². The van der Waals surface area contributed by atoms with Crippen LogP contribution in [0.25, 0.3) is 10.9 Å². The van der Waals surface area contributed by atoms with Gasteiger partial charge in [0, 0.05) is 24.1 Å². The number of anilines is 1.